The molecular weight excluding hydrogens is 292 g/mol. The first-order valence-electron chi connectivity index (χ1n) is 7.48. The van der Waals surface area contributed by atoms with Gasteiger partial charge in [-0.05, 0) is 0 Å². The first-order valence-corrected chi connectivity index (χ1v) is 11.0. The molecule has 0 heterocycles. The van der Waals surface area contributed by atoms with Gasteiger partial charge in [0.2, 0.25) is 0 Å². The number of hydrogen-bond donors (Lipinski definition) is 0. The van der Waals surface area contributed by atoms with Crippen LogP contribution in [-0.4, -0.2) is 41.0 Å². The van der Waals surface area contributed by atoms with Crippen LogP contribution < -0.4 is 0 Å². The van der Waals surface area contributed by atoms with Gasteiger partial charge in [0.05, 0.1) is 0 Å². The molecule has 0 saturated carbocycles. The molecule has 0 bridgehead atoms. The summed E-state index contributed by atoms with van der Waals surface area (Å²) in [6.07, 6.45) is 6.10. The van der Waals surface area contributed by atoms with Crippen molar-refractivity contribution in [3.63, 3.8) is 0 Å². The fourth-order valence-electron chi connectivity index (χ4n) is 2.45. The molecule has 0 atom stereocenters. The normalized spacial score (nSPS) is 17.0. The van der Waals surface area contributed by atoms with Crippen molar-refractivity contribution in [2.45, 2.75) is 62.2 Å². The van der Waals surface area contributed by atoms with Crippen LogP contribution in [0.25, 0.3) is 0 Å². The molecule has 1 aliphatic carbocycles. The van der Waals surface area contributed by atoms with Crippen LogP contribution in [0.5, 0.6) is 0 Å². The predicted octanol–water partition coefficient (Wildman–Crippen LogP) is 5.44. The van der Waals surface area contributed by atoms with Gasteiger partial charge >= 0.3 is 139 Å². The minimum absolute atomic E-state index is 0.353. The Bertz CT molecular complexity index is 354. The molecule has 0 aromatic carbocycles. The van der Waals surface area contributed by atoms with E-state index in [1.54, 1.807) is 5.57 Å². The molecule has 1 heteroatoms. The van der Waals surface area contributed by atoms with Gasteiger partial charge in [-0.2, -0.15) is 0 Å². The quantitative estimate of drug-likeness (QED) is 0.591. The van der Waals surface area contributed by atoms with Gasteiger partial charge in [0.15, 0.2) is 0 Å². The summed E-state index contributed by atoms with van der Waals surface area (Å²) < 4.78 is 2.50. The Morgan fingerprint density at radius 3 is 2.00 bits per heavy atom. The zero-order chi connectivity index (χ0) is 14.1. The van der Waals surface area contributed by atoms with E-state index in [1.165, 1.54) is 6.42 Å². The van der Waals surface area contributed by atoms with E-state index in [-0.39, 0.29) is 0 Å². The topological polar surface area (TPSA) is 0 Å². The van der Waals surface area contributed by atoms with Crippen LogP contribution in [-0.2, 0) is 0 Å². The summed E-state index contributed by atoms with van der Waals surface area (Å²) in [4.78, 5) is 0. The Morgan fingerprint density at radius 2 is 1.56 bits per heavy atom. The van der Waals surface area contributed by atoms with Crippen LogP contribution in [0.15, 0.2) is 18.3 Å². The minimum atomic E-state index is -0.897. The molecule has 0 amide bonds. The Hall–Kier alpha value is 0.961. The molecule has 1 rings (SSSR count). The Labute approximate surface area is 137 Å². The zero-order valence-corrected chi connectivity index (χ0v) is 17.2. The Morgan fingerprint density at radius 1 is 1.00 bits per heavy atom. The van der Waals surface area contributed by atoms with E-state index in [2.05, 4.69) is 67.5 Å². The van der Waals surface area contributed by atoms with Gasteiger partial charge in [-0.25, -0.2) is 0 Å². The molecule has 100 valence electrons. The summed E-state index contributed by atoms with van der Waals surface area (Å²) in [5.74, 6) is 1.54. The summed E-state index contributed by atoms with van der Waals surface area (Å²) in [6, 6.07) is 0. The van der Waals surface area contributed by atoms with Gasteiger partial charge < -0.3 is 0 Å². The molecule has 0 aromatic rings. The van der Waals surface area contributed by atoms with Crippen LogP contribution in [0.4, 0.5) is 0 Å². The average Bonchev–Trinajstić information content (AvgIpc) is 2.64. The van der Waals surface area contributed by atoms with Gasteiger partial charge in [-0.1, -0.05) is 0 Å². The second-order valence-electron chi connectivity index (χ2n) is 7.82. The van der Waals surface area contributed by atoms with Gasteiger partial charge in [0.1, 0.15) is 0 Å². The predicted molar refractivity (Wildman–Crippen MR) is 84.0 cm³/mol. The van der Waals surface area contributed by atoms with Crippen molar-refractivity contribution < 1.29 is 0 Å². The summed E-state index contributed by atoms with van der Waals surface area (Å²) in [5.41, 5.74) is 2.05. The molecule has 18 heavy (non-hydrogen) atoms. The van der Waals surface area contributed by atoms with E-state index in [0.717, 1.165) is 11.8 Å². The molecule has 0 saturated heterocycles. The van der Waals surface area contributed by atoms with Crippen LogP contribution in [0.2, 0.25) is 0.386 Å². The molecule has 1 aliphatic rings. The Balaban J connectivity index is 3.01. The number of allylic oxidation sites excluding steroid dienone is 4. The van der Waals surface area contributed by atoms with E-state index < -0.39 is 41.0 Å². The molecule has 0 unspecified atom stereocenters. The van der Waals surface area contributed by atoms with Crippen molar-refractivity contribution in [1.29, 1.82) is 0 Å². The summed E-state index contributed by atoms with van der Waals surface area (Å²) in [6.45, 7) is 19.4. The van der Waals surface area contributed by atoms with Crippen molar-refractivity contribution in [2.75, 3.05) is 0 Å². The molecule has 0 radical (unpaired) electrons. The second kappa shape index (κ2) is 6.16. The molecular formula is C17H30Sr. The van der Waals surface area contributed by atoms with E-state index in [1.807, 2.05) is 0.544 Å². The van der Waals surface area contributed by atoms with Crippen molar-refractivity contribution >= 4 is 41.0 Å². The molecule has 0 aliphatic heterocycles. The molecule has 0 spiro atoms. The van der Waals surface area contributed by atoms with Gasteiger partial charge in [-0.15, -0.1) is 0 Å². The fraction of sp³-hybridized carbons (Fsp3) is 0.765. The van der Waals surface area contributed by atoms with Crippen LogP contribution >= 0.6 is 0 Å². The summed E-state index contributed by atoms with van der Waals surface area (Å²) >= 11 is -0.897. The third-order valence-electron chi connectivity index (χ3n) is 5.40. The van der Waals surface area contributed by atoms with Crippen LogP contribution in [0, 0.1) is 17.3 Å². The average molecular weight is 322 g/mol. The monoisotopic (exact) mass is 322 g/mol. The maximum atomic E-state index is 2.50. The first kappa shape index (κ1) is 17.0. The SMILES string of the molecule is CC(C)[C](C)(C)[Sr][C]1=C(C(C)(C)C(C)C)C=CC1. The van der Waals surface area contributed by atoms with Crippen LogP contribution in [0.3, 0.4) is 0 Å². The third-order valence-corrected chi connectivity index (χ3v) is 12.3. The number of hydrogen-bond acceptors (Lipinski definition) is 0. The van der Waals surface area contributed by atoms with Crippen molar-refractivity contribution in [3.05, 3.63) is 18.3 Å². The van der Waals surface area contributed by atoms with Gasteiger partial charge in [-0.3, -0.25) is 0 Å². The molecule has 0 fully saturated rings. The third kappa shape index (κ3) is 3.75. The second-order valence-corrected chi connectivity index (χ2v) is 15.3. The van der Waals surface area contributed by atoms with E-state index in [0.29, 0.717) is 5.80 Å². The standard InChI is InChI=1S/C11H17.C6H13.Sr/c1-9(2)11(3,4)10-7-5-6-8-10;1-5(2)6(3)4;/h5,7,9H,6H2,1-4H3;5H,1-4H3;. The van der Waals surface area contributed by atoms with Gasteiger partial charge in [0, 0.05) is 0 Å². The van der Waals surface area contributed by atoms with Crippen LogP contribution in [0.1, 0.15) is 61.8 Å². The molecule has 0 N–H and O–H groups in total. The first-order chi connectivity index (χ1) is 8.09. The zero-order valence-electron chi connectivity index (χ0n) is 13.7. The van der Waals surface area contributed by atoms with E-state index >= 15 is 0 Å². The van der Waals surface area contributed by atoms with E-state index in [9.17, 15) is 0 Å². The van der Waals surface area contributed by atoms with Gasteiger partial charge in [0.25, 0.3) is 0 Å². The summed E-state index contributed by atoms with van der Waals surface area (Å²) in [7, 11) is 0. The summed E-state index contributed by atoms with van der Waals surface area (Å²) in [5, 5.41) is 0. The molecule has 0 nitrogen and oxygen atoms in total. The molecule has 0 aromatic heterocycles. The number of rotatable bonds is 5. The van der Waals surface area contributed by atoms with Crippen molar-refractivity contribution in [1.82, 2.24) is 0 Å². The Kier molecular flexibility index (Phi) is 5.82. The van der Waals surface area contributed by atoms with Crippen molar-refractivity contribution in [3.8, 4) is 0 Å². The maximum absolute atomic E-state index is 2.50. The fourth-order valence-corrected chi connectivity index (χ4v) is 8.80. The van der Waals surface area contributed by atoms with Crippen molar-refractivity contribution in [2.24, 2.45) is 17.3 Å². The van der Waals surface area contributed by atoms with E-state index in [4.69, 9.17) is 0 Å².